The lowest BCUT2D eigenvalue weighted by Gasteiger charge is -2.09. The molecule has 0 spiro atoms. The highest BCUT2D eigenvalue weighted by atomic mass is 35.5. The molecular weight excluding hydrogens is 294 g/mol. The fourth-order valence-corrected chi connectivity index (χ4v) is 2.23. The lowest BCUT2D eigenvalue weighted by Crippen LogP contribution is -2.27. The molecule has 0 aromatic carbocycles. The Morgan fingerprint density at radius 2 is 2.33 bits per heavy atom. The van der Waals surface area contributed by atoms with Gasteiger partial charge in [0.2, 0.25) is 5.89 Å². The van der Waals surface area contributed by atoms with Gasteiger partial charge in [-0.2, -0.15) is 10.1 Å². The lowest BCUT2D eigenvalue weighted by molar-refractivity contribution is 0.377. The van der Waals surface area contributed by atoms with Gasteiger partial charge in [-0.15, -0.1) is 0 Å². The quantitative estimate of drug-likeness (QED) is 0.873. The molecule has 3 rings (SSSR count). The van der Waals surface area contributed by atoms with Gasteiger partial charge in [-0.1, -0.05) is 16.8 Å². The van der Waals surface area contributed by atoms with E-state index in [0.29, 0.717) is 47.9 Å². The molecule has 112 valence electrons. The number of rotatable bonds is 6. The van der Waals surface area contributed by atoms with Crippen molar-refractivity contribution in [2.45, 2.75) is 32.7 Å². The van der Waals surface area contributed by atoms with Crippen LogP contribution in [0.1, 0.15) is 24.6 Å². The van der Waals surface area contributed by atoms with E-state index in [9.17, 15) is 4.79 Å². The third kappa shape index (κ3) is 3.41. The molecular formula is C13H16ClN5O2. The molecule has 0 atom stereocenters. The van der Waals surface area contributed by atoms with Gasteiger partial charge in [-0.3, -0.25) is 4.79 Å². The Morgan fingerprint density at radius 3 is 3.00 bits per heavy atom. The van der Waals surface area contributed by atoms with Crippen LogP contribution < -0.4 is 10.9 Å². The minimum atomic E-state index is -0.184. The molecule has 21 heavy (non-hydrogen) atoms. The summed E-state index contributed by atoms with van der Waals surface area (Å²) in [7, 11) is 0. The van der Waals surface area contributed by atoms with Crippen LogP contribution in [0, 0.1) is 12.8 Å². The first-order chi connectivity index (χ1) is 10.1. The largest absolute Gasteiger partial charge is 0.379 e. The maximum absolute atomic E-state index is 12.3. The van der Waals surface area contributed by atoms with Gasteiger partial charge in [0.1, 0.15) is 5.69 Å². The Bertz CT molecular complexity index is 692. The zero-order valence-corrected chi connectivity index (χ0v) is 12.4. The Labute approximate surface area is 126 Å². The highest BCUT2D eigenvalue weighted by Gasteiger charge is 2.23. The fraction of sp³-hybridized carbons (Fsp3) is 0.538. The van der Waals surface area contributed by atoms with E-state index in [4.69, 9.17) is 16.1 Å². The molecule has 0 saturated heterocycles. The van der Waals surface area contributed by atoms with Crippen molar-refractivity contribution in [2.75, 3.05) is 11.9 Å². The standard InChI is InChI=1S/C13H16ClN5O2/c1-8-17-11(21-18-8)4-5-15-12-10(14)6-16-19(13(12)20)7-9-2-3-9/h6,9,15H,2-5,7H2,1H3. The first-order valence-electron chi connectivity index (χ1n) is 6.92. The van der Waals surface area contributed by atoms with Crippen molar-refractivity contribution in [3.8, 4) is 0 Å². The zero-order chi connectivity index (χ0) is 14.8. The smallest absolute Gasteiger partial charge is 0.291 e. The molecule has 0 amide bonds. The molecule has 1 aliphatic carbocycles. The van der Waals surface area contributed by atoms with E-state index in [2.05, 4.69) is 20.6 Å². The van der Waals surface area contributed by atoms with Crippen LogP contribution in [0.4, 0.5) is 5.69 Å². The lowest BCUT2D eigenvalue weighted by atomic mass is 10.3. The van der Waals surface area contributed by atoms with Crippen molar-refractivity contribution in [1.29, 1.82) is 0 Å². The van der Waals surface area contributed by atoms with Crippen LogP contribution in [0.15, 0.2) is 15.5 Å². The van der Waals surface area contributed by atoms with Gasteiger partial charge in [0.25, 0.3) is 5.56 Å². The molecule has 1 saturated carbocycles. The van der Waals surface area contributed by atoms with Gasteiger partial charge >= 0.3 is 0 Å². The minimum Gasteiger partial charge on any atom is -0.379 e. The molecule has 0 radical (unpaired) electrons. The molecule has 1 N–H and O–H groups in total. The van der Waals surface area contributed by atoms with Crippen LogP contribution in [0.25, 0.3) is 0 Å². The van der Waals surface area contributed by atoms with Crippen molar-refractivity contribution in [3.63, 3.8) is 0 Å². The van der Waals surface area contributed by atoms with E-state index in [1.807, 2.05) is 0 Å². The number of hydrogen-bond donors (Lipinski definition) is 1. The second kappa shape index (κ2) is 5.85. The van der Waals surface area contributed by atoms with Gasteiger partial charge in [0.15, 0.2) is 5.82 Å². The number of hydrogen-bond acceptors (Lipinski definition) is 6. The molecule has 7 nitrogen and oxygen atoms in total. The van der Waals surface area contributed by atoms with E-state index < -0.39 is 0 Å². The predicted octanol–water partition coefficient (Wildman–Crippen LogP) is 1.65. The molecule has 2 heterocycles. The second-order valence-electron chi connectivity index (χ2n) is 5.21. The molecule has 1 fully saturated rings. The molecule has 2 aromatic heterocycles. The average Bonchev–Trinajstić information content (AvgIpc) is 3.18. The maximum atomic E-state index is 12.3. The summed E-state index contributed by atoms with van der Waals surface area (Å²) in [6.07, 6.45) is 4.36. The number of halogens is 1. The zero-order valence-electron chi connectivity index (χ0n) is 11.7. The Kier molecular flexibility index (Phi) is 3.92. The summed E-state index contributed by atoms with van der Waals surface area (Å²) in [5, 5.41) is 11.2. The van der Waals surface area contributed by atoms with Crippen LogP contribution in [0.2, 0.25) is 5.02 Å². The molecule has 0 unspecified atom stereocenters. The topological polar surface area (TPSA) is 85.8 Å². The van der Waals surface area contributed by atoms with Crippen molar-refractivity contribution in [3.05, 3.63) is 33.3 Å². The van der Waals surface area contributed by atoms with Crippen molar-refractivity contribution < 1.29 is 4.52 Å². The third-order valence-corrected chi connectivity index (χ3v) is 3.62. The van der Waals surface area contributed by atoms with E-state index in [-0.39, 0.29) is 5.56 Å². The summed E-state index contributed by atoms with van der Waals surface area (Å²) in [4.78, 5) is 16.4. The van der Waals surface area contributed by atoms with Gasteiger partial charge in [0.05, 0.1) is 11.2 Å². The number of anilines is 1. The highest BCUT2D eigenvalue weighted by molar-refractivity contribution is 6.32. The normalized spacial score (nSPS) is 14.4. The summed E-state index contributed by atoms with van der Waals surface area (Å²) in [6, 6.07) is 0. The minimum absolute atomic E-state index is 0.184. The van der Waals surface area contributed by atoms with E-state index >= 15 is 0 Å². The first-order valence-corrected chi connectivity index (χ1v) is 7.30. The van der Waals surface area contributed by atoms with Crippen LogP contribution in [0.3, 0.4) is 0 Å². The number of nitrogens with zero attached hydrogens (tertiary/aromatic N) is 4. The van der Waals surface area contributed by atoms with Crippen LogP contribution in [0.5, 0.6) is 0 Å². The molecule has 2 aromatic rings. The number of aromatic nitrogens is 4. The fourth-order valence-electron chi connectivity index (χ4n) is 2.04. The van der Waals surface area contributed by atoms with Gasteiger partial charge in [0, 0.05) is 19.5 Å². The van der Waals surface area contributed by atoms with Crippen molar-refractivity contribution in [2.24, 2.45) is 5.92 Å². The van der Waals surface area contributed by atoms with Gasteiger partial charge in [-0.05, 0) is 25.7 Å². The van der Waals surface area contributed by atoms with Crippen LogP contribution in [-0.4, -0.2) is 26.5 Å². The summed E-state index contributed by atoms with van der Waals surface area (Å²) in [5.74, 6) is 1.70. The van der Waals surface area contributed by atoms with Crippen molar-refractivity contribution >= 4 is 17.3 Å². The average molecular weight is 310 g/mol. The monoisotopic (exact) mass is 309 g/mol. The van der Waals surface area contributed by atoms with E-state index in [0.717, 1.165) is 12.8 Å². The third-order valence-electron chi connectivity index (χ3n) is 3.34. The Hall–Kier alpha value is -1.89. The summed E-state index contributed by atoms with van der Waals surface area (Å²) in [5.41, 5.74) is 0.194. The first kappa shape index (κ1) is 14.1. The number of aryl methyl sites for hydroxylation is 1. The Balaban J connectivity index is 1.67. The summed E-state index contributed by atoms with van der Waals surface area (Å²) in [6.45, 7) is 2.91. The predicted molar refractivity (Wildman–Crippen MR) is 77.5 cm³/mol. The SMILES string of the molecule is Cc1noc(CCNc2c(Cl)cnn(CC3CC3)c2=O)n1. The van der Waals surface area contributed by atoms with Crippen LogP contribution >= 0.6 is 11.6 Å². The molecule has 0 bridgehead atoms. The molecule has 0 aliphatic heterocycles. The van der Waals surface area contributed by atoms with Gasteiger partial charge < -0.3 is 9.84 Å². The van der Waals surface area contributed by atoms with Crippen LogP contribution in [-0.2, 0) is 13.0 Å². The maximum Gasteiger partial charge on any atom is 0.291 e. The Morgan fingerprint density at radius 1 is 1.52 bits per heavy atom. The van der Waals surface area contributed by atoms with Gasteiger partial charge in [-0.25, -0.2) is 4.68 Å². The summed E-state index contributed by atoms with van der Waals surface area (Å²) < 4.78 is 6.49. The number of nitrogens with one attached hydrogen (secondary N) is 1. The van der Waals surface area contributed by atoms with Crippen molar-refractivity contribution in [1.82, 2.24) is 19.9 Å². The molecule has 8 heteroatoms. The second-order valence-corrected chi connectivity index (χ2v) is 5.62. The summed E-state index contributed by atoms with van der Waals surface area (Å²) >= 11 is 6.05. The molecule has 1 aliphatic rings. The highest BCUT2D eigenvalue weighted by Crippen LogP contribution is 2.30. The van der Waals surface area contributed by atoms with E-state index in [1.165, 1.54) is 10.9 Å². The van der Waals surface area contributed by atoms with E-state index in [1.54, 1.807) is 6.92 Å².